The summed E-state index contributed by atoms with van der Waals surface area (Å²) in [5, 5.41) is 14.7. The van der Waals surface area contributed by atoms with Gasteiger partial charge in [0.2, 0.25) is 5.82 Å². The highest BCUT2D eigenvalue weighted by molar-refractivity contribution is 5.31. The molecule has 1 heterocycles. The normalized spacial score (nSPS) is 18.4. The van der Waals surface area contributed by atoms with Gasteiger partial charge in [0.15, 0.2) is 5.54 Å². The molecule has 0 spiro atoms. The summed E-state index contributed by atoms with van der Waals surface area (Å²) >= 11 is 0. The van der Waals surface area contributed by atoms with Crippen molar-refractivity contribution < 1.29 is 5.32 Å². The van der Waals surface area contributed by atoms with E-state index in [4.69, 9.17) is 0 Å². The summed E-state index contributed by atoms with van der Waals surface area (Å²) in [5.41, 5.74) is 1.08. The number of nitrogens with two attached hydrogens (primary N) is 1. The number of quaternary nitrogens is 1. The van der Waals surface area contributed by atoms with E-state index in [9.17, 15) is 0 Å². The molecule has 0 amide bonds. The van der Waals surface area contributed by atoms with E-state index in [-0.39, 0.29) is 5.54 Å². The van der Waals surface area contributed by atoms with Crippen molar-refractivity contribution in [3.63, 3.8) is 0 Å². The van der Waals surface area contributed by atoms with Crippen LogP contribution < -0.4 is 5.32 Å². The van der Waals surface area contributed by atoms with Crippen LogP contribution in [0, 0.1) is 0 Å². The van der Waals surface area contributed by atoms with Gasteiger partial charge in [-0.1, -0.05) is 24.6 Å². The molecule has 1 aliphatic rings. The minimum Gasteiger partial charge on any atom is -0.337 e. The number of para-hydroxylation sites is 1. The van der Waals surface area contributed by atoms with E-state index in [1.54, 1.807) is 0 Å². The van der Waals surface area contributed by atoms with Crippen molar-refractivity contribution in [1.82, 2.24) is 20.2 Å². The lowest BCUT2D eigenvalue weighted by Crippen LogP contribution is -2.92. The summed E-state index contributed by atoms with van der Waals surface area (Å²) in [5.74, 6) is 0.987. The summed E-state index contributed by atoms with van der Waals surface area (Å²) in [7, 11) is 2.13. The second-order valence-corrected chi connectivity index (χ2v) is 5.26. The van der Waals surface area contributed by atoms with Crippen LogP contribution in [0.5, 0.6) is 0 Å². The lowest BCUT2D eigenvalue weighted by molar-refractivity contribution is -0.718. The van der Waals surface area contributed by atoms with Crippen molar-refractivity contribution in [3.05, 3.63) is 36.2 Å². The molecule has 0 atom stereocenters. The van der Waals surface area contributed by atoms with Crippen molar-refractivity contribution in [3.8, 4) is 5.69 Å². The Morgan fingerprint density at radius 3 is 2.53 bits per heavy atom. The van der Waals surface area contributed by atoms with Gasteiger partial charge in [0, 0.05) is 12.8 Å². The van der Waals surface area contributed by atoms with Gasteiger partial charge >= 0.3 is 0 Å². The average Bonchev–Trinajstić information content (AvgIpc) is 2.99. The lowest BCUT2D eigenvalue weighted by atomic mass is 9.81. The number of tetrazole rings is 1. The molecule has 0 radical (unpaired) electrons. The summed E-state index contributed by atoms with van der Waals surface area (Å²) in [6.45, 7) is 0. The fourth-order valence-electron chi connectivity index (χ4n) is 3.06. The molecule has 0 aliphatic heterocycles. The molecule has 1 fully saturated rings. The van der Waals surface area contributed by atoms with Crippen LogP contribution >= 0.6 is 0 Å². The summed E-state index contributed by atoms with van der Waals surface area (Å²) in [4.78, 5) is 0. The zero-order valence-electron chi connectivity index (χ0n) is 11.3. The van der Waals surface area contributed by atoms with E-state index in [1.165, 1.54) is 19.3 Å². The fourth-order valence-corrected chi connectivity index (χ4v) is 3.06. The van der Waals surface area contributed by atoms with Crippen LogP contribution in [-0.2, 0) is 5.54 Å². The lowest BCUT2D eigenvalue weighted by Gasteiger charge is -2.32. The number of hydrogen-bond donors (Lipinski definition) is 1. The molecular formula is C14H20N5+. The quantitative estimate of drug-likeness (QED) is 0.894. The molecule has 0 unspecified atom stereocenters. The Balaban J connectivity index is 2.04. The van der Waals surface area contributed by atoms with Crippen molar-refractivity contribution in [2.24, 2.45) is 0 Å². The highest BCUT2D eigenvalue weighted by atomic mass is 15.6. The minimum atomic E-state index is 0.0393. The van der Waals surface area contributed by atoms with Crippen LogP contribution in [0.15, 0.2) is 30.3 Å². The Morgan fingerprint density at radius 1 is 1.11 bits per heavy atom. The van der Waals surface area contributed by atoms with Crippen LogP contribution in [0.4, 0.5) is 0 Å². The van der Waals surface area contributed by atoms with Crippen molar-refractivity contribution >= 4 is 0 Å². The monoisotopic (exact) mass is 258 g/mol. The highest BCUT2D eigenvalue weighted by Crippen LogP contribution is 2.32. The number of benzene rings is 1. The largest absolute Gasteiger partial charge is 0.337 e. The molecular weight excluding hydrogens is 238 g/mol. The zero-order chi connectivity index (χ0) is 13.1. The van der Waals surface area contributed by atoms with Gasteiger partial charge in [0.05, 0.1) is 12.7 Å². The van der Waals surface area contributed by atoms with Gasteiger partial charge in [0.25, 0.3) is 0 Å². The SMILES string of the molecule is C[NH2+]C1(c2nnnn2-c2ccccc2)CCCCC1. The highest BCUT2D eigenvalue weighted by Gasteiger charge is 2.41. The Hall–Kier alpha value is -1.75. The average molecular weight is 258 g/mol. The van der Waals surface area contributed by atoms with Crippen LogP contribution in [0.3, 0.4) is 0 Å². The first kappa shape index (κ1) is 12.3. The molecule has 3 rings (SSSR count). The third-order valence-electron chi connectivity index (χ3n) is 4.21. The molecule has 1 aliphatic carbocycles. The first-order valence-corrected chi connectivity index (χ1v) is 7.00. The summed E-state index contributed by atoms with van der Waals surface area (Å²) in [6, 6.07) is 10.1. The molecule has 1 aromatic carbocycles. The molecule has 5 heteroatoms. The maximum absolute atomic E-state index is 4.33. The number of rotatable bonds is 3. The van der Waals surface area contributed by atoms with Crippen molar-refractivity contribution in [1.29, 1.82) is 0 Å². The van der Waals surface area contributed by atoms with Crippen LogP contribution in [0.25, 0.3) is 5.69 Å². The van der Waals surface area contributed by atoms with Gasteiger partial charge in [-0.3, -0.25) is 0 Å². The van der Waals surface area contributed by atoms with E-state index < -0.39 is 0 Å². The molecule has 0 bridgehead atoms. The third kappa shape index (κ3) is 2.14. The first-order valence-electron chi connectivity index (χ1n) is 7.00. The van der Waals surface area contributed by atoms with Crippen LogP contribution in [-0.4, -0.2) is 27.3 Å². The predicted molar refractivity (Wildman–Crippen MR) is 71.8 cm³/mol. The van der Waals surface area contributed by atoms with Gasteiger partial charge in [-0.05, 0) is 35.4 Å². The number of aromatic nitrogens is 4. The van der Waals surface area contributed by atoms with Gasteiger partial charge in [-0.2, -0.15) is 4.68 Å². The van der Waals surface area contributed by atoms with Gasteiger partial charge in [-0.15, -0.1) is 5.10 Å². The fraction of sp³-hybridized carbons (Fsp3) is 0.500. The predicted octanol–water partition coefficient (Wildman–Crippen LogP) is 1.01. The molecule has 1 saturated carbocycles. The maximum atomic E-state index is 4.33. The molecule has 2 aromatic rings. The molecule has 2 N–H and O–H groups in total. The van der Waals surface area contributed by atoms with Crippen molar-refractivity contribution in [2.75, 3.05) is 7.05 Å². The third-order valence-corrected chi connectivity index (χ3v) is 4.21. The number of nitrogens with zero attached hydrogens (tertiary/aromatic N) is 4. The Bertz CT molecular complexity index is 528. The molecule has 5 nitrogen and oxygen atoms in total. The summed E-state index contributed by atoms with van der Waals surface area (Å²) < 4.78 is 1.89. The topological polar surface area (TPSA) is 60.2 Å². The van der Waals surface area contributed by atoms with E-state index in [0.717, 1.165) is 24.4 Å². The Morgan fingerprint density at radius 2 is 1.84 bits per heavy atom. The first-order chi connectivity index (χ1) is 9.36. The minimum absolute atomic E-state index is 0.0393. The maximum Gasteiger partial charge on any atom is 0.217 e. The van der Waals surface area contributed by atoms with Gasteiger partial charge in [-0.25, -0.2) is 0 Å². The molecule has 100 valence electrons. The van der Waals surface area contributed by atoms with Crippen LogP contribution in [0.1, 0.15) is 37.9 Å². The van der Waals surface area contributed by atoms with E-state index >= 15 is 0 Å². The second kappa shape index (κ2) is 5.09. The summed E-state index contributed by atoms with van der Waals surface area (Å²) in [6.07, 6.45) is 6.13. The van der Waals surface area contributed by atoms with Gasteiger partial charge < -0.3 is 5.32 Å². The molecule has 1 aromatic heterocycles. The van der Waals surface area contributed by atoms with Crippen molar-refractivity contribution in [2.45, 2.75) is 37.6 Å². The smallest absolute Gasteiger partial charge is 0.217 e. The molecule has 19 heavy (non-hydrogen) atoms. The number of hydrogen-bond acceptors (Lipinski definition) is 3. The molecule has 0 saturated heterocycles. The van der Waals surface area contributed by atoms with E-state index in [1.807, 2.05) is 35.0 Å². The standard InChI is InChI=1S/C14H19N5/c1-15-14(10-6-3-7-11-14)13-16-17-18-19(13)12-8-4-2-5-9-12/h2,4-5,8-9,15H,3,6-7,10-11H2,1H3/p+1. The van der Waals surface area contributed by atoms with E-state index in [0.29, 0.717) is 0 Å². The Kier molecular flexibility index (Phi) is 3.29. The van der Waals surface area contributed by atoms with Crippen LogP contribution in [0.2, 0.25) is 0 Å². The zero-order valence-corrected chi connectivity index (χ0v) is 11.3. The van der Waals surface area contributed by atoms with Gasteiger partial charge in [0.1, 0.15) is 0 Å². The van der Waals surface area contributed by atoms with E-state index in [2.05, 4.69) is 27.9 Å². The Labute approximate surface area is 113 Å². The second-order valence-electron chi connectivity index (χ2n) is 5.26.